The van der Waals surface area contributed by atoms with Gasteiger partial charge < -0.3 is 21.7 Å². The van der Waals surface area contributed by atoms with Gasteiger partial charge in [-0.25, -0.2) is 14.7 Å². The Morgan fingerprint density at radius 3 is 2.15 bits per heavy atom. The number of rotatable bonds is 4. The fourth-order valence-electron chi connectivity index (χ4n) is 4.73. The first-order chi connectivity index (χ1) is 12.1. The summed E-state index contributed by atoms with van der Waals surface area (Å²) in [6.45, 7) is 6.68. The number of carbonyl (C=O) groups excluding carboxylic acids is 1. The first-order valence-corrected chi connectivity index (χ1v) is 8.76. The van der Waals surface area contributed by atoms with Crippen LogP contribution in [0.4, 0.5) is 0 Å². The number of Topliss-reactive ketones (excluding diaryl/α,β-unsaturated/α-hetero) is 1. The Hall–Kier alpha value is -1.51. The normalized spacial score (nSPS) is 31.7. The molecule has 4 fully saturated rings. The predicted molar refractivity (Wildman–Crippen MR) is 94.7 cm³/mol. The molecule has 0 N–H and O–H groups in total. The number of hydrogen-bond acceptors (Lipinski definition) is 5. The maximum absolute atomic E-state index is 13.0. The zero-order chi connectivity index (χ0) is 17.0. The van der Waals surface area contributed by atoms with Crippen molar-refractivity contribution in [2.75, 3.05) is 53.7 Å². The summed E-state index contributed by atoms with van der Waals surface area (Å²) < 4.78 is 6.12. The van der Waals surface area contributed by atoms with E-state index >= 15 is 0 Å². The molecule has 0 saturated carbocycles. The lowest BCUT2D eigenvalue weighted by Crippen LogP contribution is -3.00. The first kappa shape index (κ1) is 17.9. The monoisotopic (exact) mass is 418 g/mol. The number of quaternary nitrogens is 1. The summed E-state index contributed by atoms with van der Waals surface area (Å²) in [4.78, 5) is 20.3. The van der Waals surface area contributed by atoms with Crippen LogP contribution in [0.25, 0.3) is 10.8 Å². The maximum Gasteiger partial charge on any atom is 0.217 e. The molecule has 0 unspecified atom stereocenters. The third-order valence-corrected chi connectivity index (χ3v) is 5.55. The van der Waals surface area contributed by atoms with Gasteiger partial charge in [-0.3, -0.25) is 9.28 Å². The number of ketones is 1. The van der Waals surface area contributed by atoms with Gasteiger partial charge in [-0.05, 0) is 29.0 Å². The van der Waals surface area contributed by atoms with Gasteiger partial charge in [0, 0.05) is 5.56 Å². The molecule has 6 rings (SSSR count). The van der Waals surface area contributed by atoms with E-state index in [1.54, 1.807) is 7.11 Å². The maximum atomic E-state index is 13.0. The lowest BCUT2D eigenvalue weighted by Gasteiger charge is -2.60. The van der Waals surface area contributed by atoms with Crippen molar-refractivity contribution in [2.24, 2.45) is 0 Å². The van der Waals surface area contributed by atoms with Gasteiger partial charge in [0.2, 0.25) is 5.78 Å². The lowest BCUT2D eigenvalue weighted by atomic mass is 10.0. The molecular formula is C19H23BrN4O2. The smallest absolute Gasteiger partial charge is 0.217 e. The van der Waals surface area contributed by atoms with Crippen LogP contribution in [-0.4, -0.2) is 78.6 Å². The Balaban J connectivity index is 0.00000168. The summed E-state index contributed by atoms with van der Waals surface area (Å²) in [5, 5.41) is 2.18. The van der Waals surface area contributed by atoms with E-state index < -0.39 is 0 Å². The molecular weight excluding hydrogens is 396 g/mol. The predicted octanol–water partition coefficient (Wildman–Crippen LogP) is -1.46. The third kappa shape index (κ3) is 3.04. The summed E-state index contributed by atoms with van der Waals surface area (Å²) in [6, 6.07) is 12.0. The standard InChI is InChI=1S/C19H23N4O2.BrH/c1-25-18-5-4-15-6-17(3-2-16(15)7-18)19(24)8-23-12-20-9-21(13-23)11-22(10-20)14-23;/h2-7H,8-14H2,1H3;1H/q+1;/p-1. The summed E-state index contributed by atoms with van der Waals surface area (Å²) >= 11 is 0. The summed E-state index contributed by atoms with van der Waals surface area (Å²) in [5.74, 6) is 1.08. The largest absolute Gasteiger partial charge is 1.00 e. The van der Waals surface area contributed by atoms with Crippen molar-refractivity contribution in [3.05, 3.63) is 42.0 Å². The van der Waals surface area contributed by atoms with Gasteiger partial charge in [0.25, 0.3) is 0 Å². The summed E-state index contributed by atoms with van der Waals surface area (Å²) in [7, 11) is 1.67. The molecule has 0 aromatic heterocycles. The fraction of sp³-hybridized carbons (Fsp3) is 0.421. The molecule has 7 heteroatoms. The van der Waals surface area contributed by atoms with Crippen molar-refractivity contribution in [1.29, 1.82) is 0 Å². The van der Waals surface area contributed by atoms with Gasteiger partial charge in [-0.2, -0.15) is 0 Å². The molecule has 6 nitrogen and oxygen atoms in total. The summed E-state index contributed by atoms with van der Waals surface area (Å²) in [6.07, 6.45) is 0. The van der Waals surface area contributed by atoms with Crippen LogP contribution in [0.5, 0.6) is 5.75 Å². The second kappa shape index (κ2) is 6.58. The van der Waals surface area contributed by atoms with E-state index in [0.29, 0.717) is 6.54 Å². The number of halogens is 1. The zero-order valence-electron chi connectivity index (χ0n) is 14.9. The van der Waals surface area contributed by atoms with Crippen LogP contribution in [0.15, 0.2) is 36.4 Å². The van der Waals surface area contributed by atoms with E-state index in [9.17, 15) is 4.79 Å². The molecule has 4 aliphatic rings. The molecule has 0 spiro atoms. The SMILES string of the molecule is COc1ccc2cc(C(=O)C[N+]34CN5CN(CN(C5)C3)C4)ccc2c1.[Br-]. The number of benzene rings is 2. The van der Waals surface area contributed by atoms with E-state index in [-0.39, 0.29) is 22.8 Å². The number of carbonyl (C=O) groups is 1. The van der Waals surface area contributed by atoms with Gasteiger partial charge >= 0.3 is 0 Å². The molecule has 138 valence electrons. The Kier molecular flexibility index (Phi) is 4.53. The molecule has 26 heavy (non-hydrogen) atoms. The minimum atomic E-state index is 0. The average molecular weight is 419 g/mol. The second-order valence-electron chi connectivity index (χ2n) is 7.71. The minimum Gasteiger partial charge on any atom is -1.00 e. The van der Waals surface area contributed by atoms with Crippen LogP contribution in [0, 0.1) is 0 Å². The van der Waals surface area contributed by atoms with Crippen LogP contribution in [-0.2, 0) is 0 Å². The molecule has 4 heterocycles. The van der Waals surface area contributed by atoms with Gasteiger partial charge in [0.15, 0.2) is 0 Å². The number of ether oxygens (including phenoxy) is 1. The summed E-state index contributed by atoms with van der Waals surface area (Å²) in [5.41, 5.74) is 0.812. The van der Waals surface area contributed by atoms with Crippen molar-refractivity contribution in [3.63, 3.8) is 0 Å². The van der Waals surface area contributed by atoms with E-state index in [1.165, 1.54) is 0 Å². The van der Waals surface area contributed by atoms with E-state index in [4.69, 9.17) is 4.74 Å². The second-order valence-corrected chi connectivity index (χ2v) is 7.71. The molecule has 0 amide bonds. The molecule has 4 bridgehead atoms. The van der Waals surface area contributed by atoms with Crippen molar-refractivity contribution >= 4 is 16.6 Å². The number of hydrogen-bond donors (Lipinski definition) is 0. The Bertz CT molecular complexity index is 821. The van der Waals surface area contributed by atoms with E-state index in [0.717, 1.165) is 66.6 Å². The van der Waals surface area contributed by atoms with Gasteiger partial charge in [-0.1, -0.05) is 18.2 Å². The number of nitrogens with zero attached hydrogens (tertiary/aromatic N) is 4. The number of methoxy groups -OCH3 is 1. The van der Waals surface area contributed by atoms with Crippen molar-refractivity contribution in [2.45, 2.75) is 0 Å². The highest BCUT2D eigenvalue weighted by molar-refractivity contribution is 6.00. The molecule has 0 atom stereocenters. The highest BCUT2D eigenvalue weighted by atomic mass is 79.9. The van der Waals surface area contributed by atoms with Crippen LogP contribution < -0.4 is 21.7 Å². The number of fused-ring (bicyclic) bond motifs is 1. The van der Waals surface area contributed by atoms with Gasteiger partial charge in [-0.15, -0.1) is 0 Å². The Morgan fingerprint density at radius 1 is 0.962 bits per heavy atom. The van der Waals surface area contributed by atoms with Crippen molar-refractivity contribution in [3.8, 4) is 5.75 Å². The van der Waals surface area contributed by atoms with E-state index in [2.05, 4.69) is 14.7 Å². The molecule has 2 aromatic carbocycles. The van der Waals surface area contributed by atoms with Gasteiger partial charge in [0.05, 0.1) is 27.1 Å². The average Bonchev–Trinajstić information content (AvgIpc) is 2.59. The highest BCUT2D eigenvalue weighted by Crippen LogP contribution is 2.29. The molecule has 4 saturated heterocycles. The van der Waals surface area contributed by atoms with Crippen LogP contribution >= 0.6 is 0 Å². The van der Waals surface area contributed by atoms with Crippen LogP contribution in [0.3, 0.4) is 0 Å². The van der Waals surface area contributed by atoms with Crippen molar-refractivity contribution < 1.29 is 31.0 Å². The van der Waals surface area contributed by atoms with Crippen molar-refractivity contribution in [1.82, 2.24) is 14.7 Å². The Morgan fingerprint density at radius 2 is 1.54 bits per heavy atom. The first-order valence-electron chi connectivity index (χ1n) is 8.76. The molecule has 0 radical (unpaired) electrons. The van der Waals surface area contributed by atoms with E-state index in [1.807, 2.05) is 36.4 Å². The minimum absolute atomic E-state index is 0. The topological polar surface area (TPSA) is 36.0 Å². The third-order valence-electron chi connectivity index (χ3n) is 5.55. The highest BCUT2D eigenvalue weighted by Gasteiger charge is 2.49. The van der Waals surface area contributed by atoms with Crippen LogP contribution in [0.2, 0.25) is 0 Å². The molecule has 0 aliphatic carbocycles. The fourth-order valence-corrected chi connectivity index (χ4v) is 4.73. The van der Waals surface area contributed by atoms with Gasteiger partial charge in [0.1, 0.15) is 32.3 Å². The molecule has 4 aliphatic heterocycles. The zero-order valence-corrected chi connectivity index (χ0v) is 16.5. The lowest BCUT2D eigenvalue weighted by molar-refractivity contribution is -0.973. The molecule has 2 aromatic rings. The van der Waals surface area contributed by atoms with Crippen LogP contribution in [0.1, 0.15) is 10.4 Å². The Labute approximate surface area is 163 Å². The quantitative estimate of drug-likeness (QED) is 0.448.